The van der Waals surface area contributed by atoms with E-state index < -0.39 is 9.84 Å². The highest BCUT2D eigenvalue weighted by Gasteiger charge is 2.30. The summed E-state index contributed by atoms with van der Waals surface area (Å²) >= 11 is 1.11. The van der Waals surface area contributed by atoms with Crippen LogP contribution in [0.3, 0.4) is 0 Å². The van der Waals surface area contributed by atoms with Crippen molar-refractivity contribution in [3.63, 3.8) is 0 Å². The van der Waals surface area contributed by atoms with Gasteiger partial charge in [-0.15, -0.1) is 0 Å². The van der Waals surface area contributed by atoms with Crippen LogP contribution in [0.2, 0.25) is 0 Å². The molecule has 0 atom stereocenters. The number of nitrogens with one attached hydrogen (secondary N) is 1. The van der Waals surface area contributed by atoms with Crippen molar-refractivity contribution in [2.24, 2.45) is 0 Å². The first-order valence-electron chi connectivity index (χ1n) is 8.66. The summed E-state index contributed by atoms with van der Waals surface area (Å²) in [5.74, 6) is -0.252. The molecule has 6 nitrogen and oxygen atoms in total. The standard InChI is InChI=1S/C18H22N2O4S2/c1-13-12-25-18(22)20(13)10-9-17(21)19-14-5-4-8-16(11-14)26(23,24)15-6-2-3-7-15/h4-5,8,11-12,15H,2-3,6-7,9-10H2,1H3,(H,19,21). The Hall–Kier alpha value is -1.93. The predicted molar refractivity (Wildman–Crippen MR) is 102 cm³/mol. The van der Waals surface area contributed by atoms with Crippen molar-refractivity contribution in [3.8, 4) is 0 Å². The van der Waals surface area contributed by atoms with Gasteiger partial charge in [0, 0.05) is 29.7 Å². The van der Waals surface area contributed by atoms with Gasteiger partial charge in [-0.05, 0) is 38.0 Å². The van der Waals surface area contributed by atoms with Gasteiger partial charge in [0.2, 0.25) is 5.91 Å². The summed E-state index contributed by atoms with van der Waals surface area (Å²) in [5, 5.41) is 4.17. The predicted octanol–water partition coefficient (Wildman–Crippen LogP) is 2.96. The Morgan fingerprint density at radius 3 is 2.69 bits per heavy atom. The summed E-state index contributed by atoms with van der Waals surface area (Å²) in [5.41, 5.74) is 1.29. The fourth-order valence-electron chi connectivity index (χ4n) is 3.25. The van der Waals surface area contributed by atoms with Crippen molar-refractivity contribution < 1.29 is 13.2 Å². The summed E-state index contributed by atoms with van der Waals surface area (Å²) in [7, 11) is -3.35. The summed E-state index contributed by atoms with van der Waals surface area (Å²) in [4.78, 5) is 24.0. The van der Waals surface area contributed by atoms with E-state index in [2.05, 4.69) is 5.32 Å². The van der Waals surface area contributed by atoms with Gasteiger partial charge in [-0.2, -0.15) is 0 Å². The number of amides is 1. The second kappa shape index (κ2) is 7.75. The number of anilines is 1. The lowest BCUT2D eigenvalue weighted by atomic mass is 10.3. The van der Waals surface area contributed by atoms with E-state index in [0.717, 1.165) is 29.9 Å². The van der Waals surface area contributed by atoms with Crippen LogP contribution in [0.1, 0.15) is 37.8 Å². The monoisotopic (exact) mass is 394 g/mol. The topological polar surface area (TPSA) is 85.2 Å². The molecule has 1 aliphatic rings. The van der Waals surface area contributed by atoms with E-state index >= 15 is 0 Å². The molecule has 2 aromatic rings. The molecule has 8 heteroatoms. The van der Waals surface area contributed by atoms with Crippen LogP contribution in [0.15, 0.2) is 39.3 Å². The maximum absolute atomic E-state index is 12.7. The Kier molecular flexibility index (Phi) is 5.62. The molecular weight excluding hydrogens is 372 g/mol. The van der Waals surface area contributed by atoms with Gasteiger partial charge >= 0.3 is 4.87 Å². The highest BCUT2D eigenvalue weighted by molar-refractivity contribution is 7.92. The molecule has 0 spiro atoms. The number of benzene rings is 1. The van der Waals surface area contributed by atoms with Crippen LogP contribution < -0.4 is 10.2 Å². The minimum Gasteiger partial charge on any atom is -0.326 e. The Bertz CT molecular complexity index is 954. The van der Waals surface area contributed by atoms with Crippen LogP contribution in [-0.2, 0) is 21.2 Å². The fourth-order valence-corrected chi connectivity index (χ4v) is 5.91. The second-order valence-electron chi connectivity index (χ2n) is 6.57. The quantitative estimate of drug-likeness (QED) is 0.816. The molecule has 1 aromatic heterocycles. The second-order valence-corrected chi connectivity index (χ2v) is 9.62. The first-order chi connectivity index (χ1) is 12.4. The van der Waals surface area contributed by atoms with E-state index in [9.17, 15) is 18.0 Å². The molecule has 3 rings (SSSR count). The molecule has 1 aliphatic carbocycles. The first-order valence-corrected chi connectivity index (χ1v) is 11.1. The highest BCUT2D eigenvalue weighted by Crippen LogP contribution is 2.30. The van der Waals surface area contributed by atoms with Gasteiger partial charge in [-0.3, -0.25) is 9.59 Å². The summed E-state index contributed by atoms with van der Waals surface area (Å²) < 4.78 is 26.9. The normalized spacial score (nSPS) is 15.3. The maximum Gasteiger partial charge on any atom is 0.307 e. The molecule has 0 aliphatic heterocycles. The SMILES string of the molecule is Cc1csc(=O)n1CCC(=O)Nc1cccc(S(=O)(=O)C2CCCC2)c1. The summed E-state index contributed by atoms with van der Waals surface area (Å²) in [6.07, 6.45) is 3.45. The molecule has 1 heterocycles. The smallest absolute Gasteiger partial charge is 0.307 e. The van der Waals surface area contributed by atoms with Gasteiger partial charge in [0.15, 0.2) is 9.84 Å². The van der Waals surface area contributed by atoms with Gasteiger partial charge < -0.3 is 9.88 Å². The van der Waals surface area contributed by atoms with Gasteiger partial charge in [0.25, 0.3) is 0 Å². The third-order valence-electron chi connectivity index (χ3n) is 4.73. The van der Waals surface area contributed by atoms with E-state index in [1.54, 1.807) is 28.1 Å². The van der Waals surface area contributed by atoms with Crippen LogP contribution in [-0.4, -0.2) is 24.1 Å². The van der Waals surface area contributed by atoms with Crippen LogP contribution in [0.25, 0.3) is 0 Å². The minimum absolute atomic E-state index is 0.0834. The molecule has 0 bridgehead atoms. The summed E-state index contributed by atoms with van der Waals surface area (Å²) in [6, 6.07) is 6.42. The number of aromatic nitrogens is 1. The number of nitrogens with zero attached hydrogens (tertiary/aromatic N) is 1. The average Bonchev–Trinajstić information content (AvgIpc) is 3.25. The van der Waals surface area contributed by atoms with E-state index in [4.69, 9.17) is 0 Å². The number of carbonyl (C=O) groups is 1. The lowest BCUT2D eigenvalue weighted by molar-refractivity contribution is -0.116. The molecule has 1 N–H and O–H groups in total. The number of carbonyl (C=O) groups excluding carboxylic acids is 1. The van der Waals surface area contributed by atoms with Crippen molar-refractivity contribution in [1.29, 1.82) is 0 Å². The molecular formula is C18H22N2O4S2. The Labute approximate surface area is 156 Å². The van der Waals surface area contributed by atoms with E-state index in [0.29, 0.717) is 25.1 Å². The number of sulfone groups is 1. The van der Waals surface area contributed by atoms with Crippen LogP contribution in [0.4, 0.5) is 5.69 Å². The molecule has 1 amide bonds. The number of rotatable bonds is 6. The zero-order chi connectivity index (χ0) is 18.7. The number of thiazole rings is 1. The number of hydrogen-bond acceptors (Lipinski definition) is 5. The van der Waals surface area contributed by atoms with Crippen molar-refractivity contribution >= 4 is 32.8 Å². The molecule has 0 radical (unpaired) electrons. The van der Waals surface area contributed by atoms with Gasteiger partial charge in [0.1, 0.15) is 0 Å². The molecule has 1 saturated carbocycles. The largest absolute Gasteiger partial charge is 0.326 e. The Morgan fingerprint density at radius 2 is 2.04 bits per heavy atom. The van der Waals surface area contributed by atoms with Crippen molar-refractivity contribution in [2.75, 3.05) is 5.32 Å². The summed E-state index contributed by atoms with van der Waals surface area (Å²) in [6.45, 7) is 2.13. The Morgan fingerprint density at radius 1 is 1.31 bits per heavy atom. The average molecular weight is 395 g/mol. The van der Waals surface area contributed by atoms with E-state index in [1.807, 2.05) is 6.92 Å². The van der Waals surface area contributed by atoms with Gasteiger partial charge in [0.05, 0.1) is 10.1 Å². The van der Waals surface area contributed by atoms with Crippen LogP contribution >= 0.6 is 11.3 Å². The molecule has 1 fully saturated rings. The number of aryl methyl sites for hydroxylation is 1. The van der Waals surface area contributed by atoms with Crippen molar-refractivity contribution in [3.05, 3.63) is 45.0 Å². The van der Waals surface area contributed by atoms with Crippen LogP contribution in [0.5, 0.6) is 0 Å². The minimum atomic E-state index is -3.35. The molecule has 0 saturated heterocycles. The van der Waals surface area contributed by atoms with Gasteiger partial charge in [-0.25, -0.2) is 8.42 Å². The lowest BCUT2D eigenvalue weighted by Crippen LogP contribution is -2.20. The maximum atomic E-state index is 12.7. The molecule has 140 valence electrons. The highest BCUT2D eigenvalue weighted by atomic mass is 32.2. The molecule has 0 unspecified atom stereocenters. The molecule has 1 aromatic carbocycles. The van der Waals surface area contributed by atoms with E-state index in [-0.39, 0.29) is 27.3 Å². The third-order valence-corrected chi connectivity index (χ3v) is 7.87. The lowest BCUT2D eigenvalue weighted by Gasteiger charge is -2.13. The van der Waals surface area contributed by atoms with Gasteiger partial charge in [-0.1, -0.05) is 30.2 Å². The first kappa shape index (κ1) is 18.8. The zero-order valence-electron chi connectivity index (χ0n) is 14.6. The fraction of sp³-hybridized carbons (Fsp3) is 0.444. The zero-order valence-corrected chi connectivity index (χ0v) is 16.2. The third kappa shape index (κ3) is 4.07. The van der Waals surface area contributed by atoms with Crippen LogP contribution in [0, 0.1) is 6.92 Å². The van der Waals surface area contributed by atoms with E-state index in [1.165, 1.54) is 6.07 Å². The van der Waals surface area contributed by atoms with Crippen molar-refractivity contribution in [2.45, 2.75) is 55.7 Å². The Balaban J connectivity index is 1.67. The van der Waals surface area contributed by atoms with Crippen molar-refractivity contribution in [1.82, 2.24) is 4.57 Å². The number of hydrogen-bond donors (Lipinski definition) is 1. The molecule has 26 heavy (non-hydrogen) atoms.